The van der Waals surface area contributed by atoms with Gasteiger partial charge in [-0.1, -0.05) is 12.1 Å². The lowest BCUT2D eigenvalue weighted by Gasteiger charge is -2.00. The molecule has 0 spiro atoms. The number of rotatable bonds is 2. The van der Waals surface area contributed by atoms with Crippen molar-refractivity contribution in [3.63, 3.8) is 0 Å². The number of nitro groups is 1. The third kappa shape index (κ3) is 1.48. The van der Waals surface area contributed by atoms with Gasteiger partial charge < -0.3 is 5.73 Å². The maximum Gasteiger partial charge on any atom is 0.296 e. The first-order valence-corrected chi connectivity index (χ1v) is 3.78. The van der Waals surface area contributed by atoms with Gasteiger partial charge in [0.15, 0.2) is 0 Å². The van der Waals surface area contributed by atoms with Crippen LogP contribution in [-0.4, -0.2) is 4.92 Å². The van der Waals surface area contributed by atoms with Gasteiger partial charge in [-0.3, -0.25) is 10.1 Å². The molecule has 0 radical (unpaired) electrons. The quantitative estimate of drug-likeness (QED) is 0.332. The van der Waals surface area contributed by atoms with E-state index in [-0.39, 0.29) is 17.3 Å². The number of anilines is 1. The Morgan fingerprint density at radius 1 is 1.58 bits per heavy atom. The number of benzene rings is 1. The first kappa shape index (κ1) is 8.80. The van der Waals surface area contributed by atoms with Crippen LogP contribution in [0.5, 0.6) is 0 Å². The molecule has 1 rings (SSSR count). The van der Waals surface area contributed by atoms with Crippen LogP contribution in [0.2, 0.25) is 0 Å². The Balaban J connectivity index is 3.29. The molecular formula is C7H7ClN2O2. The number of nitro benzene ring substituents is 1. The topological polar surface area (TPSA) is 69.2 Å². The summed E-state index contributed by atoms with van der Waals surface area (Å²) in [7, 11) is 0. The second-order valence-corrected chi connectivity index (χ2v) is 2.51. The van der Waals surface area contributed by atoms with Crippen LogP contribution in [0.1, 0.15) is 5.56 Å². The lowest BCUT2D eigenvalue weighted by Crippen LogP contribution is -1.98. The number of hydrogen-bond acceptors (Lipinski definition) is 3. The minimum Gasteiger partial charge on any atom is -0.393 e. The van der Waals surface area contributed by atoms with Crippen molar-refractivity contribution < 1.29 is 4.92 Å². The van der Waals surface area contributed by atoms with Gasteiger partial charge in [0.1, 0.15) is 5.69 Å². The first-order chi connectivity index (χ1) is 5.66. The molecule has 12 heavy (non-hydrogen) atoms. The van der Waals surface area contributed by atoms with Gasteiger partial charge in [0.2, 0.25) is 0 Å². The Labute approximate surface area is 74.1 Å². The number of hydrogen-bond donors (Lipinski definition) is 1. The first-order valence-electron chi connectivity index (χ1n) is 3.24. The van der Waals surface area contributed by atoms with Crippen molar-refractivity contribution in [2.45, 2.75) is 5.88 Å². The zero-order chi connectivity index (χ0) is 9.14. The zero-order valence-corrected chi connectivity index (χ0v) is 6.91. The van der Waals surface area contributed by atoms with Crippen LogP contribution in [0.3, 0.4) is 0 Å². The Bertz CT molecular complexity index is 314. The standard InChI is InChI=1S/C7H7ClN2O2/c8-4-5-2-1-3-6(9)7(5)10(11)12/h1-3H,4,9H2. The lowest BCUT2D eigenvalue weighted by atomic mass is 10.2. The van der Waals surface area contributed by atoms with E-state index in [1.807, 2.05) is 0 Å². The number of nitrogen functional groups attached to an aromatic ring is 1. The van der Waals surface area contributed by atoms with Crippen LogP contribution in [0, 0.1) is 10.1 Å². The fourth-order valence-electron chi connectivity index (χ4n) is 0.942. The Morgan fingerprint density at radius 2 is 2.25 bits per heavy atom. The number of nitrogens with zero attached hydrogens (tertiary/aromatic N) is 1. The van der Waals surface area contributed by atoms with Crippen molar-refractivity contribution in [1.82, 2.24) is 0 Å². The van der Waals surface area contributed by atoms with E-state index < -0.39 is 4.92 Å². The summed E-state index contributed by atoms with van der Waals surface area (Å²) in [6, 6.07) is 4.70. The Morgan fingerprint density at radius 3 is 2.67 bits per heavy atom. The highest BCUT2D eigenvalue weighted by Crippen LogP contribution is 2.26. The summed E-state index contributed by atoms with van der Waals surface area (Å²) in [6.07, 6.45) is 0. The average molecular weight is 187 g/mol. The number of para-hydroxylation sites is 1. The van der Waals surface area contributed by atoms with E-state index in [1.54, 1.807) is 12.1 Å². The van der Waals surface area contributed by atoms with Gasteiger partial charge in [-0.05, 0) is 6.07 Å². The van der Waals surface area contributed by atoms with Crippen LogP contribution in [0.25, 0.3) is 0 Å². The molecule has 1 aromatic carbocycles. The molecule has 0 fully saturated rings. The maximum absolute atomic E-state index is 10.5. The van der Waals surface area contributed by atoms with Crippen molar-refractivity contribution in [3.8, 4) is 0 Å². The Kier molecular flexibility index (Phi) is 2.50. The predicted molar refractivity (Wildman–Crippen MR) is 47.1 cm³/mol. The molecule has 0 aliphatic carbocycles. The summed E-state index contributed by atoms with van der Waals surface area (Å²) in [5.41, 5.74) is 5.90. The molecule has 1 aromatic rings. The van der Waals surface area contributed by atoms with Crippen molar-refractivity contribution in [3.05, 3.63) is 33.9 Å². The van der Waals surface area contributed by atoms with E-state index in [9.17, 15) is 10.1 Å². The van der Waals surface area contributed by atoms with Gasteiger partial charge in [-0.2, -0.15) is 0 Å². The zero-order valence-electron chi connectivity index (χ0n) is 6.16. The highest BCUT2D eigenvalue weighted by molar-refractivity contribution is 6.17. The largest absolute Gasteiger partial charge is 0.393 e. The fourth-order valence-corrected chi connectivity index (χ4v) is 1.16. The van der Waals surface area contributed by atoms with Crippen LogP contribution in [-0.2, 0) is 5.88 Å². The summed E-state index contributed by atoms with van der Waals surface area (Å²) >= 11 is 5.49. The van der Waals surface area contributed by atoms with Gasteiger partial charge in [-0.15, -0.1) is 11.6 Å². The van der Waals surface area contributed by atoms with Gasteiger partial charge in [0.25, 0.3) is 5.69 Å². The molecule has 0 aliphatic heterocycles. The highest BCUT2D eigenvalue weighted by Gasteiger charge is 2.15. The minimum absolute atomic E-state index is 0.0903. The van der Waals surface area contributed by atoms with E-state index in [2.05, 4.69) is 0 Å². The second-order valence-electron chi connectivity index (χ2n) is 2.25. The fraction of sp³-hybridized carbons (Fsp3) is 0.143. The van der Waals surface area contributed by atoms with Crippen LogP contribution in [0.4, 0.5) is 11.4 Å². The summed E-state index contributed by atoms with van der Waals surface area (Å²) < 4.78 is 0. The summed E-state index contributed by atoms with van der Waals surface area (Å²) in [5.74, 6) is 0.0986. The SMILES string of the molecule is Nc1cccc(CCl)c1[N+](=O)[O-]. The van der Waals surface area contributed by atoms with Crippen molar-refractivity contribution in [1.29, 1.82) is 0 Å². The van der Waals surface area contributed by atoms with Gasteiger partial charge in [-0.25, -0.2) is 0 Å². The average Bonchev–Trinajstić information content (AvgIpc) is 2.03. The summed E-state index contributed by atoms with van der Waals surface area (Å²) in [5, 5.41) is 10.5. The van der Waals surface area contributed by atoms with E-state index in [1.165, 1.54) is 6.07 Å². The van der Waals surface area contributed by atoms with E-state index in [0.29, 0.717) is 5.56 Å². The highest BCUT2D eigenvalue weighted by atomic mass is 35.5. The molecule has 0 saturated heterocycles. The van der Waals surface area contributed by atoms with Gasteiger partial charge >= 0.3 is 0 Å². The smallest absolute Gasteiger partial charge is 0.296 e. The maximum atomic E-state index is 10.5. The van der Waals surface area contributed by atoms with Crippen LogP contribution >= 0.6 is 11.6 Å². The normalized spacial score (nSPS) is 9.75. The van der Waals surface area contributed by atoms with Crippen LogP contribution < -0.4 is 5.73 Å². The molecule has 0 heterocycles. The molecule has 4 nitrogen and oxygen atoms in total. The van der Waals surface area contributed by atoms with Gasteiger partial charge in [0, 0.05) is 5.56 Å². The van der Waals surface area contributed by atoms with E-state index in [0.717, 1.165) is 0 Å². The molecule has 0 aromatic heterocycles. The third-order valence-electron chi connectivity index (χ3n) is 1.48. The molecule has 0 bridgehead atoms. The lowest BCUT2D eigenvalue weighted by molar-refractivity contribution is -0.384. The van der Waals surface area contributed by atoms with Crippen molar-refractivity contribution >= 4 is 23.0 Å². The molecule has 64 valence electrons. The number of halogens is 1. The third-order valence-corrected chi connectivity index (χ3v) is 1.77. The monoisotopic (exact) mass is 186 g/mol. The molecule has 0 unspecified atom stereocenters. The number of nitrogens with two attached hydrogens (primary N) is 1. The molecule has 2 N–H and O–H groups in total. The van der Waals surface area contributed by atoms with Crippen molar-refractivity contribution in [2.75, 3.05) is 5.73 Å². The molecule has 5 heteroatoms. The second kappa shape index (κ2) is 3.40. The molecule has 0 aliphatic rings. The number of alkyl halides is 1. The Hall–Kier alpha value is -1.29. The molecule has 0 atom stereocenters. The van der Waals surface area contributed by atoms with Gasteiger partial charge in [0.05, 0.1) is 10.8 Å². The predicted octanol–water partition coefficient (Wildman–Crippen LogP) is 1.92. The molecule has 0 amide bonds. The summed E-state index contributed by atoms with van der Waals surface area (Å²) in [6.45, 7) is 0. The minimum atomic E-state index is -0.521. The molecular weight excluding hydrogens is 180 g/mol. The van der Waals surface area contributed by atoms with E-state index in [4.69, 9.17) is 17.3 Å². The van der Waals surface area contributed by atoms with E-state index >= 15 is 0 Å². The molecule has 0 saturated carbocycles. The van der Waals surface area contributed by atoms with Crippen LogP contribution in [0.15, 0.2) is 18.2 Å². The summed E-state index contributed by atoms with van der Waals surface area (Å²) in [4.78, 5) is 9.95. The van der Waals surface area contributed by atoms with Crippen molar-refractivity contribution in [2.24, 2.45) is 0 Å².